The molecule has 0 aliphatic heterocycles. The molecule has 3 unspecified atom stereocenters. The molecule has 0 aromatic heterocycles. The zero-order chi connectivity index (χ0) is 59.1. The van der Waals surface area contributed by atoms with Gasteiger partial charge in [0.05, 0.1) is 39.9 Å². The van der Waals surface area contributed by atoms with Crippen molar-refractivity contribution in [1.82, 2.24) is 5.32 Å². The predicted octanol–water partition coefficient (Wildman–Crippen LogP) is 20.6. The van der Waals surface area contributed by atoms with Gasteiger partial charge in [-0.25, -0.2) is 4.57 Å². The Balaban J connectivity index is 4.16. The molecule has 81 heavy (non-hydrogen) atoms. The minimum absolute atomic E-state index is 0.0453. The van der Waals surface area contributed by atoms with Crippen LogP contribution in [-0.2, 0) is 18.4 Å². The van der Waals surface area contributed by atoms with E-state index in [1.54, 1.807) is 6.08 Å². The number of carbonyl (C=O) groups excluding carboxylic acids is 1. The van der Waals surface area contributed by atoms with Crippen molar-refractivity contribution in [2.24, 2.45) is 0 Å². The highest BCUT2D eigenvalue weighted by Gasteiger charge is 2.27. The highest BCUT2D eigenvalue weighted by Crippen LogP contribution is 2.43. The molecule has 8 nitrogen and oxygen atoms in total. The minimum Gasteiger partial charge on any atom is -0.387 e. The van der Waals surface area contributed by atoms with E-state index >= 15 is 0 Å². The maximum atomic E-state index is 13.0. The van der Waals surface area contributed by atoms with E-state index in [2.05, 4.69) is 165 Å². The number of phosphoric ester groups is 1. The highest BCUT2D eigenvalue weighted by atomic mass is 31.2. The maximum Gasteiger partial charge on any atom is 0.472 e. The number of nitrogens with one attached hydrogen (secondary N) is 1. The monoisotopic (exact) mass is 1140 g/mol. The summed E-state index contributed by atoms with van der Waals surface area (Å²) in [5.74, 6) is -0.202. The SMILES string of the molecule is CC/C=C\C/C=C\C/C=C\C/C=C\C/C=C\C/C=C\C/C=C\C/C=C\C/C=C\C/C=C\CCCCCCCCCCCCC(=O)NC(COP(=O)(O)OCC[N+](C)(C)C)C(O)/C=C/CC/C=C/CC/C=C/CCCCCCCCCC. The van der Waals surface area contributed by atoms with E-state index < -0.39 is 20.0 Å². The number of likely N-dealkylation sites (N-methyl/N-ethyl adjacent to an activating group) is 1. The number of hydrogen-bond acceptors (Lipinski definition) is 5. The molecule has 0 saturated carbocycles. The van der Waals surface area contributed by atoms with Gasteiger partial charge >= 0.3 is 7.82 Å². The van der Waals surface area contributed by atoms with Crippen molar-refractivity contribution in [3.8, 4) is 0 Å². The molecule has 0 spiro atoms. The van der Waals surface area contributed by atoms with Crippen LogP contribution in [0.15, 0.2) is 158 Å². The van der Waals surface area contributed by atoms with Gasteiger partial charge in [0.15, 0.2) is 0 Å². The first kappa shape index (κ1) is 77.1. The Morgan fingerprint density at radius 2 is 0.753 bits per heavy atom. The summed E-state index contributed by atoms with van der Waals surface area (Å²) in [5.41, 5.74) is 0. The highest BCUT2D eigenvalue weighted by molar-refractivity contribution is 7.47. The third kappa shape index (κ3) is 63.5. The van der Waals surface area contributed by atoms with Crippen LogP contribution in [0.3, 0.4) is 0 Å². The van der Waals surface area contributed by atoms with Crippen LogP contribution < -0.4 is 5.32 Å². The molecule has 3 N–H and O–H groups in total. The molecule has 0 aliphatic carbocycles. The van der Waals surface area contributed by atoms with Crippen LogP contribution in [0.25, 0.3) is 0 Å². The van der Waals surface area contributed by atoms with Crippen molar-refractivity contribution in [3.05, 3.63) is 158 Å². The summed E-state index contributed by atoms with van der Waals surface area (Å²) in [4.78, 5) is 23.3. The zero-order valence-electron chi connectivity index (χ0n) is 52.5. The van der Waals surface area contributed by atoms with E-state index in [4.69, 9.17) is 9.05 Å². The number of carbonyl (C=O) groups is 1. The van der Waals surface area contributed by atoms with Gasteiger partial charge in [0.1, 0.15) is 13.2 Å². The van der Waals surface area contributed by atoms with Crippen molar-refractivity contribution in [1.29, 1.82) is 0 Å². The van der Waals surface area contributed by atoms with Crippen LogP contribution in [-0.4, -0.2) is 73.4 Å². The fourth-order valence-corrected chi connectivity index (χ4v) is 9.19. The number of phosphoric acid groups is 1. The van der Waals surface area contributed by atoms with E-state index in [-0.39, 0.29) is 19.1 Å². The maximum absolute atomic E-state index is 13.0. The van der Waals surface area contributed by atoms with Gasteiger partial charge < -0.3 is 19.8 Å². The summed E-state index contributed by atoms with van der Waals surface area (Å²) in [5, 5.41) is 13.9. The van der Waals surface area contributed by atoms with Crippen LogP contribution in [0, 0.1) is 0 Å². The average molecular weight is 1140 g/mol. The number of aliphatic hydroxyl groups excluding tert-OH is 1. The van der Waals surface area contributed by atoms with Crippen molar-refractivity contribution in [2.45, 2.75) is 251 Å². The summed E-state index contributed by atoms with van der Waals surface area (Å²) in [6, 6.07) is -0.883. The fraction of sp³-hybridized carbons (Fsp3) is 0.625. The normalized spacial score (nSPS) is 14.8. The van der Waals surface area contributed by atoms with Gasteiger partial charge in [0.25, 0.3) is 0 Å². The van der Waals surface area contributed by atoms with Gasteiger partial charge in [0, 0.05) is 6.42 Å². The largest absolute Gasteiger partial charge is 0.472 e. The molecule has 0 heterocycles. The molecule has 0 bridgehead atoms. The predicted molar refractivity (Wildman–Crippen MR) is 354 cm³/mol. The molecule has 1 amide bonds. The molecule has 9 heteroatoms. The summed E-state index contributed by atoms with van der Waals surface area (Å²) < 4.78 is 23.7. The van der Waals surface area contributed by atoms with Crippen LogP contribution in [0.4, 0.5) is 0 Å². The molecular weight excluding hydrogens is 1020 g/mol. The summed E-state index contributed by atoms with van der Waals surface area (Å²) >= 11 is 0. The van der Waals surface area contributed by atoms with Crippen molar-refractivity contribution in [3.63, 3.8) is 0 Å². The third-order valence-corrected chi connectivity index (χ3v) is 14.4. The number of hydrogen-bond donors (Lipinski definition) is 3. The Kier molecular flexibility index (Phi) is 57.8. The lowest BCUT2D eigenvalue weighted by atomic mass is 10.0. The van der Waals surface area contributed by atoms with E-state index in [9.17, 15) is 19.4 Å². The Morgan fingerprint density at radius 1 is 0.432 bits per heavy atom. The number of unbranched alkanes of at least 4 members (excludes halogenated alkanes) is 20. The second-order valence-corrected chi connectivity index (χ2v) is 23.8. The van der Waals surface area contributed by atoms with E-state index in [1.807, 2.05) is 27.2 Å². The Labute approximate surface area is 499 Å². The molecule has 0 aliphatic rings. The Hall–Kier alpha value is -3.88. The van der Waals surface area contributed by atoms with Gasteiger partial charge in [-0.15, -0.1) is 0 Å². The molecule has 0 fully saturated rings. The lowest BCUT2D eigenvalue weighted by Gasteiger charge is -2.25. The molecule has 0 aromatic carbocycles. The van der Waals surface area contributed by atoms with Crippen LogP contribution in [0.1, 0.15) is 239 Å². The Morgan fingerprint density at radius 3 is 1.14 bits per heavy atom. The lowest BCUT2D eigenvalue weighted by Crippen LogP contribution is -2.45. The van der Waals surface area contributed by atoms with Crippen LogP contribution in [0.2, 0.25) is 0 Å². The second-order valence-electron chi connectivity index (χ2n) is 22.4. The van der Waals surface area contributed by atoms with Crippen molar-refractivity contribution in [2.75, 3.05) is 40.9 Å². The quantitative estimate of drug-likeness (QED) is 0.0243. The molecular formula is C72H122N2O6P+. The standard InChI is InChI=1S/C72H121N2O6P/c1-6-8-10-12-14-16-18-20-22-24-26-27-28-29-30-31-32-33-34-35-36-37-38-39-40-41-42-43-44-45-46-47-48-50-52-54-56-58-60-62-64-66-72(76)73-70(69-80-81(77,78)79-68-67-74(3,4)5)71(75)65-63-61-59-57-55-53-51-49-25-23-21-19-17-15-13-11-9-7-2/h8,10,14,16,20,22,25-27,29-30,32-33,35-36,38-39,41-42,44-45,49,55,57,63,65,70-71,75H,6-7,9,11-13,15,17-19,21,23-24,28,31,34,37,40,43,46-48,50-54,56,58-62,64,66-69H2,1-5H3,(H-,73,76,77,78)/p+1/b10-8-,16-14-,22-20-,27-26-,30-29-,33-32-,36-35-,39-38-,42-41-,45-44-,49-25+,57-55+,65-63+. The average Bonchev–Trinajstić information content (AvgIpc) is 3.43. The Bertz CT molecular complexity index is 1870. The van der Waals surface area contributed by atoms with Gasteiger partial charge in [0.2, 0.25) is 5.91 Å². The minimum atomic E-state index is -4.37. The number of rotatable bonds is 57. The van der Waals surface area contributed by atoms with Crippen molar-refractivity contribution >= 4 is 13.7 Å². The smallest absolute Gasteiger partial charge is 0.387 e. The van der Waals surface area contributed by atoms with Gasteiger partial charge in [-0.1, -0.05) is 268 Å². The van der Waals surface area contributed by atoms with Gasteiger partial charge in [-0.05, 0) is 122 Å². The summed E-state index contributed by atoms with van der Waals surface area (Å²) in [6.07, 6.45) is 95.1. The molecule has 0 radical (unpaired) electrons. The fourth-order valence-electron chi connectivity index (χ4n) is 8.45. The number of aliphatic hydroxyl groups is 1. The molecule has 0 rings (SSSR count). The summed E-state index contributed by atoms with van der Waals surface area (Å²) in [6.45, 7) is 4.65. The topological polar surface area (TPSA) is 105 Å². The van der Waals surface area contributed by atoms with E-state index in [1.165, 1.54) is 103 Å². The van der Waals surface area contributed by atoms with Gasteiger partial charge in [-0.2, -0.15) is 0 Å². The summed E-state index contributed by atoms with van der Waals surface area (Å²) in [7, 11) is 1.52. The molecule has 3 atom stereocenters. The van der Waals surface area contributed by atoms with Crippen LogP contribution in [0.5, 0.6) is 0 Å². The second kappa shape index (κ2) is 60.7. The molecule has 0 saturated heterocycles. The first-order chi connectivity index (χ1) is 39.5. The first-order valence-electron chi connectivity index (χ1n) is 32.4. The number of nitrogens with zero attached hydrogens (tertiary/aromatic N) is 1. The van der Waals surface area contributed by atoms with E-state index in [0.717, 1.165) is 116 Å². The number of allylic oxidation sites excluding steroid dienone is 25. The van der Waals surface area contributed by atoms with Crippen molar-refractivity contribution < 1.29 is 32.9 Å². The molecule has 460 valence electrons. The zero-order valence-corrected chi connectivity index (χ0v) is 53.4. The first-order valence-corrected chi connectivity index (χ1v) is 33.9. The number of quaternary nitrogens is 1. The van der Waals surface area contributed by atoms with E-state index in [0.29, 0.717) is 17.4 Å². The third-order valence-electron chi connectivity index (χ3n) is 13.5. The lowest BCUT2D eigenvalue weighted by molar-refractivity contribution is -0.870. The number of amides is 1. The van der Waals surface area contributed by atoms with Crippen LogP contribution >= 0.6 is 7.82 Å². The van der Waals surface area contributed by atoms with Gasteiger partial charge in [-0.3, -0.25) is 13.8 Å². The molecule has 0 aromatic rings.